The zero-order chi connectivity index (χ0) is 17.2. The summed E-state index contributed by atoms with van der Waals surface area (Å²) in [6.07, 6.45) is 5.24. The van der Waals surface area contributed by atoms with Crippen LogP contribution in [0.5, 0.6) is 0 Å². The van der Waals surface area contributed by atoms with Gasteiger partial charge in [0.1, 0.15) is 5.82 Å². The highest BCUT2D eigenvalue weighted by atomic mass is 16.3. The van der Waals surface area contributed by atoms with Gasteiger partial charge in [0, 0.05) is 32.1 Å². The molecule has 1 aliphatic carbocycles. The molecule has 2 amide bonds. The van der Waals surface area contributed by atoms with Crippen molar-refractivity contribution >= 4 is 23.3 Å². The molecule has 1 N–H and O–H groups in total. The number of hydrogen-bond acceptors (Lipinski definition) is 5. The summed E-state index contributed by atoms with van der Waals surface area (Å²) in [5.41, 5.74) is 0.995. The molecule has 0 aromatic carbocycles. The molecule has 0 bridgehead atoms. The van der Waals surface area contributed by atoms with Crippen LogP contribution in [-0.2, 0) is 4.79 Å². The van der Waals surface area contributed by atoms with Crippen molar-refractivity contribution in [1.29, 1.82) is 0 Å². The number of carbonyl (C=O) groups is 2. The average Bonchev–Trinajstić information content (AvgIpc) is 3.37. The minimum absolute atomic E-state index is 0.0605. The summed E-state index contributed by atoms with van der Waals surface area (Å²) in [4.78, 5) is 32.3. The molecule has 7 heteroatoms. The van der Waals surface area contributed by atoms with Crippen molar-refractivity contribution in [3.8, 4) is 0 Å². The van der Waals surface area contributed by atoms with Crippen molar-refractivity contribution in [2.24, 2.45) is 5.92 Å². The summed E-state index contributed by atoms with van der Waals surface area (Å²) < 4.78 is 5.18. The van der Waals surface area contributed by atoms with Gasteiger partial charge >= 0.3 is 0 Å². The lowest BCUT2D eigenvalue weighted by atomic mass is 10.2. The fraction of sp³-hybridized carbons (Fsp3) is 0.389. The molecule has 0 spiro atoms. The molecule has 0 radical (unpaired) electrons. The van der Waals surface area contributed by atoms with E-state index in [1.807, 2.05) is 12.1 Å². The Morgan fingerprint density at radius 3 is 2.52 bits per heavy atom. The van der Waals surface area contributed by atoms with Crippen molar-refractivity contribution in [2.75, 3.05) is 36.4 Å². The van der Waals surface area contributed by atoms with Gasteiger partial charge < -0.3 is 19.5 Å². The summed E-state index contributed by atoms with van der Waals surface area (Å²) in [5.74, 6) is 1.13. The highest BCUT2D eigenvalue weighted by Gasteiger charge is 2.30. The minimum atomic E-state index is -0.0686. The maximum absolute atomic E-state index is 12.3. The number of pyridine rings is 1. The van der Waals surface area contributed by atoms with Crippen LogP contribution in [0.25, 0.3) is 0 Å². The Morgan fingerprint density at radius 1 is 1.12 bits per heavy atom. The zero-order valence-corrected chi connectivity index (χ0v) is 13.9. The topological polar surface area (TPSA) is 78.7 Å². The third kappa shape index (κ3) is 3.50. The molecule has 2 fully saturated rings. The molecule has 130 valence electrons. The highest BCUT2D eigenvalue weighted by Crippen LogP contribution is 2.30. The maximum Gasteiger partial charge on any atom is 0.289 e. The van der Waals surface area contributed by atoms with Crippen LogP contribution in [0.4, 0.5) is 11.5 Å². The Kier molecular flexibility index (Phi) is 4.13. The van der Waals surface area contributed by atoms with E-state index in [0.717, 1.165) is 31.6 Å². The van der Waals surface area contributed by atoms with Crippen molar-refractivity contribution in [3.63, 3.8) is 0 Å². The van der Waals surface area contributed by atoms with Crippen LogP contribution in [0.3, 0.4) is 0 Å². The monoisotopic (exact) mass is 340 g/mol. The second-order valence-electron chi connectivity index (χ2n) is 6.42. The fourth-order valence-corrected chi connectivity index (χ4v) is 2.94. The van der Waals surface area contributed by atoms with Crippen molar-refractivity contribution in [3.05, 3.63) is 42.5 Å². The summed E-state index contributed by atoms with van der Waals surface area (Å²) in [5, 5.41) is 2.84. The fourth-order valence-electron chi connectivity index (χ4n) is 2.94. The summed E-state index contributed by atoms with van der Waals surface area (Å²) in [6.45, 7) is 2.75. The van der Waals surface area contributed by atoms with E-state index in [9.17, 15) is 9.59 Å². The molecule has 1 aliphatic heterocycles. The van der Waals surface area contributed by atoms with E-state index in [4.69, 9.17) is 4.42 Å². The summed E-state index contributed by atoms with van der Waals surface area (Å²) in [6, 6.07) is 7.20. The third-order valence-corrected chi connectivity index (χ3v) is 4.61. The van der Waals surface area contributed by atoms with Crippen LogP contribution in [0.1, 0.15) is 23.4 Å². The molecule has 7 nitrogen and oxygen atoms in total. The summed E-state index contributed by atoms with van der Waals surface area (Å²) >= 11 is 0. The highest BCUT2D eigenvalue weighted by molar-refractivity contribution is 5.93. The molecular formula is C18H20N4O3. The zero-order valence-electron chi connectivity index (χ0n) is 13.9. The normalized spacial score (nSPS) is 17.4. The maximum atomic E-state index is 12.3. The minimum Gasteiger partial charge on any atom is -0.459 e. The largest absolute Gasteiger partial charge is 0.459 e. The van der Waals surface area contributed by atoms with Gasteiger partial charge in [-0.2, -0.15) is 0 Å². The Hall–Kier alpha value is -2.83. The smallest absolute Gasteiger partial charge is 0.289 e. The Morgan fingerprint density at radius 2 is 1.92 bits per heavy atom. The van der Waals surface area contributed by atoms with E-state index >= 15 is 0 Å². The number of hydrogen-bond donors (Lipinski definition) is 1. The lowest BCUT2D eigenvalue weighted by Gasteiger charge is -2.35. The molecule has 2 aromatic heterocycles. The molecule has 2 aliphatic rings. The molecule has 1 saturated carbocycles. The number of carbonyl (C=O) groups excluding carboxylic acids is 2. The van der Waals surface area contributed by atoms with Crippen LogP contribution < -0.4 is 10.2 Å². The Bertz CT molecular complexity index is 745. The number of furan rings is 1. The number of rotatable bonds is 4. The van der Waals surface area contributed by atoms with Crippen molar-refractivity contribution in [2.45, 2.75) is 12.8 Å². The number of nitrogens with one attached hydrogen (secondary N) is 1. The van der Waals surface area contributed by atoms with Gasteiger partial charge in [-0.05, 0) is 37.1 Å². The van der Waals surface area contributed by atoms with Crippen molar-refractivity contribution < 1.29 is 14.0 Å². The Labute approximate surface area is 145 Å². The standard InChI is InChI=1S/C18H20N4O3/c23-17(13-3-4-13)20-16-6-5-14(12-19-16)21-7-9-22(10-8-21)18(24)15-2-1-11-25-15/h1-2,5-6,11-13H,3-4,7-10H2,(H,19,20,23). The number of piperazine rings is 1. The molecule has 4 rings (SSSR count). The van der Waals surface area contributed by atoms with Crippen LogP contribution >= 0.6 is 0 Å². The van der Waals surface area contributed by atoms with Gasteiger partial charge in [0.05, 0.1) is 18.1 Å². The molecule has 2 aromatic rings. The van der Waals surface area contributed by atoms with E-state index < -0.39 is 0 Å². The SMILES string of the molecule is O=C(Nc1ccc(N2CCN(C(=O)c3ccco3)CC2)cn1)C1CC1. The first-order valence-electron chi connectivity index (χ1n) is 8.55. The molecule has 25 heavy (non-hydrogen) atoms. The van der Waals surface area contributed by atoms with Crippen LogP contribution in [0, 0.1) is 5.92 Å². The van der Waals surface area contributed by atoms with Gasteiger partial charge in [0.25, 0.3) is 5.91 Å². The van der Waals surface area contributed by atoms with Crippen LogP contribution in [-0.4, -0.2) is 47.9 Å². The quantitative estimate of drug-likeness (QED) is 0.921. The third-order valence-electron chi connectivity index (χ3n) is 4.61. The van der Waals surface area contributed by atoms with Crippen molar-refractivity contribution in [1.82, 2.24) is 9.88 Å². The molecule has 0 atom stereocenters. The lowest BCUT2D eigenvalue weighted by molar-refractivity contribution is -0.117. The van der Waals surface area contributed by atoms with Gasteiger partial charge in [-0.25, -0.2) is 4.98 Å². The second-order valence-corrected chi connectivity index (χ2v) is 6.42. The van der Waals surface area contributed by atoms with Crippen LogP contribution in [0.2, 0.25) is 0 Å². The number of anilines is 2. The first kappa shape index (κ1) is 15.7. The van der Waals surface area contributed by atoms with E-state index in [2.05, 4.69) is 15.2 Å². The average molecular weight is 340 g/mol. The van der Waals surface area contributed by atoms with Gasteiger partial charge in [-0.15, -0.1) is 0 Å². The first-order chi connectivity index (χ1) is 12.2. The first-order valence-corrected chi connectivity index (χ1v) is 8.55. The van der Waals surface area contributed by atoms with Gasteiger partial charge in [-0.3, -0.25) is 9.59 Å². The van der Waals surface area contributed by atoms with E-state index in [1.54, 1.807) is 23.2 Å². The van der Waals surface area contributed by atoms with Gasteiger partial charge in [0.2, 0.25) is 5.91 Å². The predicted octanol–water partition coefficient (Wildman–Crippen LogP) is 1.99. The van der Waals surface area contributed by atoms with Gasteiger partial charge in [-0.1, -0.05) is 0 Å². The van der Waals surface area contributed by atoms with E-state index in [0.29, 0.717) is 24.7 Å². The predicted molar refractivity (Wildman–Crippen MR) is 92.4 cm³/mol. The number of aromatic nitrogens is 1. The number of nitrogens with zero attached hydrogens (tertiary/aromatic N) is 3. The lowest BCUT2D eigenvalue weighted by Crippen LogP contribution is -2.48. The van der Waals surface area contributed by atoms with E-state index in [1.165, 1.54) is 6.26 Å². The number of amides is 2. The molecule has 1 saturated heterocycles. The van der Waals surface area contributed by atoms with Gasteiger partial charge in [0.15, 0.2) is 5.76 Å². The molecular weight excluding hydrogens is 320 g/mol. The molecule has 3 heterocycles. The molecule has 0 unspecified atom stereocenters. The van der Waals surface area contributed by atoms with E-state index in [-0.39, 0.29) is 17.7 Å². The second kappa shape index (κ2) is 6.58. The Balaban J connectivity index is 1.32. The summed E-state index contributed by atoms with van der Waals surface area (Å²) in [7, 11) is 0. The van der Waals surface area contributed by atoms with Crippen LogP contribution in [0.15, 0.2) is 41.1 Å².